The SMILES string of the molecule is CCc1nc2ccccc2c(NC(=O)CNC(C)(C)C)c1C. The highest BCUT2D eigenvalue weighted by Crippen LogP contribution is 2.28. The van der Waals surface area contributed by atoms with Gasteiger partial charge in [-0.05, 0) is 45.7 Å². The lowest BCUT2D eigenvalue weighted by molar-refractivity contribution is -0.115. The summed E-state index contributed by atoms with van der Waals surface area (Å²) in [6.07, 6.45) is 0.847. The molecule has 4 nitrogen and oxygen atoms in total. The van der Waals surface area contributed by atoms with Crippen molar-refractivity contribution >= 4 is 22.5 Å². The maximum absolute atomic E-state index is 12.3. The van der Waals surface area contributed by atoms with E-state index in [1.54, 1.807) is 0 Å². The van der Waals surface area contributed by atoms with E-state index in [1.165, 1.54) is 0 Å². The first kappa shape index (κ1) is 16.4. The molecule has 0 fully saturated rings. The van der Waals surface area contributed by atoms with Crippen molar-refractivity contribution < 1.29 is 4.79 Å². The van der Waals surface area contributed by atoms with Crippen LogP contribution in [-0.2, 0) is 11.2 Å². The molecule has 118 valence electrons. The van der Waals surface area contributed by atoms with Crippen LogP contribution in [-0.4, -0.2) is 23.0 Å². The van der Waals surface area contributed by atoms with E-state index in [9.17, 15) is 4.79 Å². The predicted octanol–water partition coefficient (Wildman–Crippen LogP) is 3.43. The van der Waals surface area contributed by atoms with Crippen molar-refractivity contribution in [3.05, 3.63) is 35.5 Å². The van der Waals surface area contributed by atoms with Gasteiger partial charge in [0.2, 0.25) is 5.91 Å². The lowest BCUT2D eigenvalue weighted by atomic mass is 10.1. The standard InChI is InChI=1S/C18H25N3O/c1-6-14-12(2)17(13-9-7-8-10-15(13)20-14)21-16(22)11-19-18(3,4)5/h7-10,19H,6,11H2,1-5H3,(H,20,21,22). The topological polar surface area (TPSA) is 54.0 Å². The molecule has 0 aliphatic carbocycles. The van der Waals surface area contributed by atoms with Gasteiger partial charge in [-0.3, -0.25) is 9.78 Å². The Morgan fingerprint density at radius 3 is 2.55 bits per heavy atom. The summed E-state index contributed by atoms with van der Waals surface area (Å²) in [5, 5.41) is 7.26. The van der Waals surface area contributed by atoms with Crippen LogP contribution < -0.4 is 10.6 Å². The van der Waals surface area contributed by atoms with Crippen LogP contribution in [0.2, 0.25) is 0 Å². The number of aryl methyl sites for hydroxylation is 1. The van der Waals surface area contributed by atoms with Gasteiger partial charge < -0.3 is 10.6 Å². The second-order valence-corrected chi connectivity index (χ2v) is 6.58. The summed E-state index contributed by atoms with van der Waals surface area (Å²) in [4.78, 5) is 16.9. The average Bonchev–Trinajstić information content (AvgIpc) is 2.47. The fraction of sp³-hybridized carbons (Fsp3) is 0.444. The quantitative estimate of drug-likeness (QED) is 0.909. The third-order valence-electron chi connectivity index (χ3n) is 3.62. The van der Waals surface area contributed by atoms with Crippen LogP contribution >= 0.6 is 0 Å². The van der Waals surface area contributed by atoms with Crippen molar-refractivity contribution in [2.45, 2.75) is 46.6 Å². The summed E-state index contributed by atoms with van der Waals surface area (Å²) in [5.74, 6) is -0.0311. The van der Waals surface area contributed by atoms with Gasteiger partial charge in [0, 0.05) is 16.6 Å². The van der Waals surface area contributed by atoms with Gasteiger partial charge in [0.1, 0.15) is 0 Å². The first-order valence-electron chi connectivity index (χ1n) is 7.75. The fourth-order valence-electron chi connectivity index (χ4n) is 2.39. The maximum atomic E-state index is 12.3. The van der Waals surface area contributed by atoms with Gasteiger partial charge in [-0.25, -0.2) is 0 Å². The zero-order valence-corrected chi connectivity index (χ0v) is 14.1. The molecule has 1 aromatic carbocycles. The minimum Gasteiger partial charge on any atom is -0.324 e. The van der Waals surface area contributed by atoms with Gasteiger partial charge in [-0.1, -0.05) is 25.1 Å². The van der Waals surface area contributed by atoms with E-state index >= 15 is 0 Å². The molecule has 1 aromatic heterocycles. The van der Waals surface area contributed by atoms with Gasteiger partial charge in [-0.2, -0.15) is 0 Å². The number of amides is 1. The molecule has 2 aromatic rings. The van der Waals surface area contributed by atoms with Crippen LogP contribution in [0.25, 0.3) is 10.9 Å². The molecule has 0 saturated heterocycles. The Morgan fingerprint density at radius 2 is 1.91 bits per heavy atom. The number of rotatable bonds is 4. The number of para-hydroxylation sites is 1. The van der Waals surface area contributed by atoms with Crippen molar-refractivity contribution in [1.82, 2.24) is 10.3 Å². The van der Waals surface area contributed by atoms with Crippen LogP contribution in [0, 0.1) is 6.92 Å². The third-order valence-corrected chi connectivity index (χ3v) is 3.62. The molecule has 2 N–H and O–H groups in total. The molecule has 0 radical (unpaired) electrons. The minimum atomic E-state index is -0.0821. The zero-order chi connectivity index (χ0) is 16.3. The number of carbonyl (C=O) groups excluding carboxylic acids is 1. The molecule has 1 heterocycles. The molecular formula is C18H25N3O. The number of fused-ring (bicyclic) bond motifs is 1. The number of hydrogen-bond acceptors (Lipinski definition) is 3. The second-order valence-electron chi connectivity index (χ2n) is 6.58. The maximum Gasteiger partial charge on any atom is 0.238 e. The molecule has 2 rings (SSSR count). The molecule has 0 atom stereocenters. The highest BCUT2D eigenvalue weighted by atomic mass is 16.1. The first-order chi connectivity index (χ1) is 10.3. The normalized spacial score (nSPS) is 11.7. The number of hydrogen-bond donors (Lipinski definition) is 2. The van der Waals surface area contributed by atoms with Crippen LogP contribution in [0.15, 0.2) is 24.3 Å². The average molecular weight is 299 g/mol. The Kier molecular flexibility index (Phi) is 4.81. The van der Waals surface area contributed by atoms with Crippen molar-refractivity contribution in [2.24, 2.45) is 0 Å². The molecule has 22 heavy (non-hydrogen) atoms. The van der Waals surface area contributed by atoms with Crippen molar-refractivity contribution in [1.29, 1.82) is 0 Å². The molecule has 0 spiro atoms. The van der Waals surface area contributed by atoms with Crippen LogP contribution in [0.1, 0.15) is 39.0 Å². The Bertz CT molecular complexity index is 687. The van der Waals surface area contributed by atoms with Crippen LogP contribution in [0.4, 0.5) is 5.69 Å². The highest BCUT2D eigenvalue weighted by Gasteiger charge is 2.15. The molecule has 1 amide bonds. The number of pyridine rings is 1. The van der Waals surface area contributed by atoms with E-state index in [0.29, 0.717) is 6.54 Å². The summed E-state index contributed by atoms with van der Waals surface area (Å²) in [5.41, 5.74) is 3.79. The van der Waals surface area contributed by atoms with E-state index in [0.717, 1.165) is 34.3 Å². The van der Waals surface area contributed by atoms with E-state index < -0.39 is 0 Å². The molecule has 0 aliphatic rings. The monoisotopic (exact) mass is 299 g/mol. The fourth-order valence-corrected chi connectivity index (χ4v) is 2.39. The van der Waals surface area contributed by atoms with Gasteiger partial charge in [0.05, 0.1) is 17.7 Å². The third kappa shape index (κ3) is 3.83. The van der Waals surface area contributed by atoms with E-state index in [2.05, 4.69) is 22.5 Å². The van der Waals surface area contributed by atoms with Crippen LogP contribution in [0.3, 0.4) is 0 Å². The summed E-state index contributed by atoms with van der Waals surface area (Å²) < 4.78 is 0. The number of nitrogens with one attached hydrogen (secondary N) is 2. The Balaban J connectivity index is 2.33. The van der Waals surface area contributed by atoms with Gasteiger partial charge in [0.25, 0.3) is 0 Å². The number of anilines is 1. The van der Waals surface area contributed by atoms with Gasteiger partial charge >= 0.3 is 0 Å². The molecule has 0 unspecified atom stereocenters. The molecule has 0 aliphatic heterocycles. The molecule has 0 bridgehead atoms. The zero-order valence-electron chi connectivity index (χ0n) is 14.1. The Morgan fingerprint density at radius 1 is 1.23 bits per heavy atom. The number of carbonyl (C=O) groups is 1. The van der Waals surface area contributed by atoms with Crippen molar-refractivity contribution in [2.75, 3.05) is 11.9 Å². The second kappa shape index (κ2) is 6.44. The van der Waals surface area contributed by atoms with Gasteiger partial charge in [-0.15, -0.1) is 0 Å². The summed E-state index contributed by atoms with van der Waals surface area (Å²) in [7, 11) is 0. The van der Waals surface area contributed by atoms with Crippen molar-refractivity contribution in [3.8, 4) is 0 Å². The number of nitrogens with zero attached hydrogens (tertiary/aromatic N) is 1. The largest absolute Gasteiger partial charge is 0.324 e. The van der Waals surface area contributed by atoms with Crippen LogP contribution in [0.5, 0.6) is 0 Å². The van der Waals surface area contributed by atoms with E-state index in [-0.39, 0.29) is 11.4 Å². The predicted molar refractivity (Wildman–Crippen MR) is 92.2 cm³/mol. The smallest absolute Gasteiger partial charge is 0.238 e. The highest BCUT2D eigenvalue weighted by molar-refractivity contribution is 6.03. The number of aromatic nitrogens is 1. The Hall–Kier alpha value is -1.94. The van der Waals surface area contributed by atoms with E-state index in [1.807, 2.05) is 52.0 Å². The van der Waals surface area contributed by atoms with Crippen molar-refractivity contribution in [3.63, 3.8) is 0 Å². The number of benzene rings is 1. The summed E-state index contributed by atoms with van der Waals surface area (Å²) in [6.45, 7) is 10.5. The lowest BCUT2D eigenvalue weighted by Gasteiger charge is -2.21. The molecule has 4 heteroatoms. The summed E-state index contributed by atoms with van der Waals surface area (Å²) in [6, 6.07) is 7.92. The Labute approximate surface area is 132 Å². The molecular weight excluding hydrogens is 274 g/mol. The lowest BCUT2D eigenvalue weighted by Crippen LogP contribution is -2.41. The van der Waals surface area contributed by atoms with Gasteiger partial charge in [0.15, 0.2) is 0 Å². The van der Waals surface area contributed by atoms with E-state index in [4.69, 9.17) is 0 Å². The summed E-state index contributed by atoms with van der Waals surface area (Å²) >= 11 is 0. The first-order valence-corrected chi connectivity index (χ1v) is 7.75. The minimum absolute atomic E-state index is 0.0311. The molecule has 0 saturated carbocycles.